The smallest absolute Gasteiger partial charge is 0.368 e. The van der Waals surface area contributed by atoms with Gasteiger partial charge in [0.2, 0.25) is 5.91 Å². The number of halogens is 3. The van der Waals surface area contributed by atoms with Crippen molar-refractivity contribution in [2.45, 2.75) is 32.6 Å². The summed E-state index contributed by atoms with van der Waals surface area (Å²) < 4.78 is 38.4. The summed E-state index contributed by atoms with van der Waals surface area (Å²) in [6.07, 6.45) is -4.44. The molecule has 0 saturated heterocycles. The first-order valence-electron chi connectivity index (χ1n) is 6.12. The maximum absolute atomic E-state index is 12.8. The van der Waals surface area contributed by atoms with Crippen molar-refractivity contribution >= 4 is 11.6 Å². The molecule has 0 fully saturated rings. The van der Waals surface area contributed by atoms with E-state index in [0.29, 0.717) is 5.69 Å². The van der Waals surface area contributed by atoms with Crippen LogP contribution in [0.4, 0.5) is 18.9 Å². The second-order valence-corrected chi connectivity index (χ2v) is 4.73. The minimum absolute atomic E-state index is 0.00915. The zero-order valence-corrected chi connectivity index (χ0v) is 11.4. The molecule has 0 aliphatic rings. The van der Waals surface area contributed by atoms with Crippen molar-refractivity contribution in [3.8, 4) is 0 Å². The fraction of sp³-hybridized carbons (Fsp3) is 0.462. The average Bonchev–Trinajstić information content (AvgIpc) is 2.33. The molecule has 0 heterocycles. The summed E-state index contributed by atoms with van der Waals surface area (Å²) >= 11 is 0. The molecule has 1 aromatic rings. The molecular weight excluding hydrogens is 271 g/mol. The van der Waals surface area contributed by atoms with Gasteiger partial charge in [-0.25, -0.2) is 0 Å². The van der Waals surface area contributed by atoms with Crippen LogP contribution in [0.5, 0.6) is 0 Å². The first-order chi connectivity index (χ1) is 9.16. The number of carbonyl (C=O) groups excluding carboxylic acids is 1. The highest BCUT2D eigenvalue weighted by Crippen LogP contribution is 2.34. The van der Waals surface area contributed by atoms with E-state index in [1.165, 1.54) is 12.1 Å². The van der Waals surface area contributed by atoms with Gasteiger partial charge in [-0.15, -0.1) is 0 Å². The third kappa shape index (κ3) is 3.86. The van der Waals surface area contributed by atoms with Crippen molar-refractivity contribution in [1.29, 1.82) is 0 Å². The molecule has 1 amide bonds. The number of primary amides is 1. The molecule has 1 aromatic carbocycles. The summed E-state index contributed by atoms with van der Waals surface area (Å²) in [5.74, 6) is -0.548. The van der Waals surface area contributed by atoms with Crippen molar-refractivity contribution in [1.82, 2.24) is 0 Å². The third-order valence-electron chi connectivity index (χ3n) is 2.90. The molecule has 4 nitrogen and oxygen atoms in total. The standard InChI is InChI=1S/C13H18F3N3O/c1-8(2)19(7-12(18)20)10-3-4-11(13(14,15)16)9(5-10)6-17/h3-5,8H,6-7,17H2,1-2H3,(H2,18,20). The molecule has 0 saturated carbocycles. The lowest BCUT2D eigenvalue weighted by molar-refractivity contribution is -0.138. The highest BCUT2D eigenvalue weighted by molar-refractivity contribution is 5.79. The first-order valence-corrected chi connectivity index (χ1v) is 6.12. The Labute approximate surface area is 115 Å². The van der Waals surface area contributed by atoms with Crippen LogP contribution >= 0.6 is 0 Å². The second-order valence-electron chi connectivity index (χ2n) is 4.73. The van der Waals surface area contributed by atoms with Crippen LogP contribution in [0.2, 0.25) is 0 Å². The maximum atomic E-state index is 12.8. The lowest BCUT2D eigenvalue weighted by atomic mass is 10.0. The number of nitrogens with two attached hydrogens (primary N) is 2. The van der Waals surface area contributed by atoms with Gasteiger partial charge >= 0.3 is 6.18 Å². The van der Waals surface area contributed by atoms with Crippen molar-refractivity contribution in [3.63, 3.8) is 0 Å². The SMILES string of the molecule is CC(C)N(CC(N)=O)c1ccc(C(F)(F)F)c(CN)c1. The normalized spacial score (nSPS) is 11.8. The van der Waals surface area contributed by atoms with Gasteiger partial charge in [-0.1, -0.05) is 0 Å². The van der Waals surface area contributed by atoms with Crippen LogP contribution < -0.4 is 16.4 Å². The molecule has 1 rings (SSSR count). The van der Waals surface area contributed by atoms with Crippen LogP contribution in [-0.4, -0.2) is 18.5 Å². The molecule has 0 unspecified atom stereocenters. The number of carbonyl (C=O) groups is 1. The number of rotatable bonds is 5. The molecule has 0 bridgehead atoms. The molecule has 0 aliphatic carbocycles. The van der Waals surface area contributed by atoms with Gasteiger partial charge in [0.05, 0.1) is 12.1 Å². The Kier molecular flexibility index (Phi) is 4.99. The number of nitrogens with zero attached hydrogens (tertiary/aromatic N) is 1. The Morgan fingerprint density at radius 1 is 1.35 bits per heavy atom. The topological polar surface area (TPSA) is 72.3 Å². The van der Waals surface area contributed by atoms with Gasteiger partial charge in [0.25, 0.3) is 0 Å². The molecule has 0 aliphatic heterocycles. The molecule has 20 heavy (non-hydrogen) atoms. The third-order valence-corrected chi connectivity index (χ3v) is 2.90. The van der Waals surface area contributed by atoms with Gasteiger partial charge in [0.1, 0.15) is 0 Å². The van der Waals surface area contributed by atoms with Crippen molar-refractivity contribution in [3.05, 3.63) is 29.3 Å². The number of amides is 1. The fourth-order valence-electron chi connectivity index (χ4n) is 1.94. The second kappa shape index (κ2) is 6.13. The van der Waals surface area contributed by atoms with Gasteiger partial charge in [-0.05, 0) is 37.6 Å². The van der Waals surface area contributed by atoms with E-state index >= 15 is 0 Å². The summed E-state index contributed by atoms with van der Waals surface area (Å²) in [7, 11) is 0. The Balaban J connectivity index is 3.22. The molecule has 0 aromatic heterocycles. The zero-order valence-electron chi connectivity index (χ0n) is 11.4. The molecule has 7 heteroatoms. The predicted octanol–water partition coefficient (Wildman–Crippen LogP) is 1.86. The molecular formula is C13H18F3N3O. The van der Waals surface area contributed by atoms with Crippen molar-refractivity contribution in [2.75, 3.05) is 11.4 Å². The molecule has 0 atom stereocenters. The van der Waals surface area contributed by atoms with Gasteiger partial charge in [0.15, 0.2) is 0 Å². The van der Waals surface area contributed by atoms with Gasteiger partial charge in [-0.2, -0.15) is 13.2 Å². The first kappa shape index (κ1) is 16.3. The van der Waals surface area contributed by atoms with Gasteiger partial charge in [0, 0.05) is 18.3 Å². The summed E-state index contributed by atoms with van der Waals surface area (Å²) in [4.78, 5) is 12.7. The van der Waals surface area contributed by atoms with E-state index in [-0.39, 0.29) is 24.7 Å². The zero-order chi connectivity index (χ0) is 15.5. The van der Waals surface area contributed by atoms with Crippen LogP contribution in [-0.2, 0) is 17.5 Å². The van der Waals surface area contributed by atoms with Gasteiger partial charge < -0.3 is 16.4 Å². The average molecular weight is 289 g/mol. The highest BCUT2D eigenvalue weighted by atomic mass is 19.4. The Hall–Kier alpha value is -1.76. The Morgan fingerprint density at radius 3 is 2.35 bits per heavy atom. The molecule has 0 radical (unpaired) electrons. The monoisotopic (exact) mass is 289 g/mol. The number of alkyl halides is 3. The molecule has 112 valence electrons. The quantitative estimate of drug-likeness (QED) is 0.869. The minimum Gasteiger partial charge on any atom is -0.368 e. The van der Waals surface area contributed by atoms with Crippen LogP contribution in [0, 0.1) is 0 Å². The summed E-state index contributed by atoms with van der Waals surface area (Å²) in [6, 6.07) is 3.58. The highest BCUT2D eigenvalue weighted by Gasteiger charge is 2.33. The van der Waals surface area contributed by atoms with Gasteiger partial charge in [-0.3, -0.25) is 4.79 Å². The fourth-order valence-corrected chi connectivity index (χ4v) is 1.94. The summed E-state index contributed by atoms with van der Waals surface area (Å²) in [5, 5.41) is 0. The summed E-state index contributed by atoms with van der Waals surface area (Å²) in [6.45, 7) is 3.35. The lowest BCUT2D eigenvalue weighted by Crippen LogP contribution is -2.38. The number of anilines is 1. The van der Waals surface area contributed by atoms with E-state index in [0.717, 1.165) is 6.07 Å². The maximum Gasteiger partial charge on any atom is 0.416 e. The van der Waals surface area contributed by atoms with E-state index in [1.54, 1.807) is 4.90 Å². The van der Waals surface area contributed by atoms with E-state index < -0.39 is 17.6 Å². The summed E-state index contributed by atoms with van der Waals surface area (Å²) in [5.41, 5.74) is 10.3. The van der Waals surface area contributed by atoms with E-state index in [1.807, 2.05) is 13.8 Å². The van der Waals surface area contributed by atoms with E-state index in [2.05, 4.69) is 0 Å². The Morgan fingerprint density at radius 2 is 1.95 bits per heavy atom. The minimum atomic E-state index is -4.44. The van der Waals surface area contributed by atoms with Crippen LogP contribution in [0.15, 0.2) is 18.2 Å². The van der Waals surface area contributed by atoms with Crippen LogP contribution in [0.1, 0.15) is 25.0 Å². The van der Waals surface area contributed by atoms with E-state index in [4.69, 9.17) is 11.5 Å². The lowest BCUT2D eigenvalue weighted by Gasteiger charge is -2.28. The number of hydrogen-bond acceptors (Lipinski definition) is 3. The Bertz CT molecular complexity index is 486. The van der Waals surface area contributed by atoms with Crippen LogP contribution in [0.3, 0.4) is 0 Å². The van der Waals surface area contributed by atoms with Crippen molar-refractivity contribution < 1.29 is 18.0 Å². The predicted molar refractivity (Wildman–Crippen MR) is 71.0 cm³/mol. The van der Waals surface area contributed by atoms with E-state index in [9.17, 15) is 18.0 Å². The molecule has 0 spiro atoms. The molecule has 4 N–H and O–H groups in total. The van der Waals surface area contributed by atoms with Crippen molar-refractivity contribution in [2.24, 2.45) is 11.5 Å². The number of benzene rings is 1. The largest absolute Gasteiger partial charge is 0.416 e. The van der Waals surface area contributed by atoms with Crippen LogP contribution in [0.25, 0.3) is 0 Å². The number of hydrogen-bond donors (Lipinski definition) is 2.